The van der Waals surface area contributed by atoms with Gasteiger partial charge in [0.15, 0.2) is 6.40 Å². The van der Waals surface area contributed by atoms with Gasteiger partial charge in [0.1, 0.15) is 0 Å². The molecule has 0 unspecified atom stereocenters. The number of hydrazone groups is 1. The number of rotatable bonds is 2. The highest BCUT2D eigenvalue weighted by Crippen LogP contribution is 2.10. The summed E-state index contributed by atoms with van der Waals surface area (Å²) in [6.07, 6.45) is 2.33. The highest BCUT2D eigenvalue weighted by atomic mass is 16.5. The maximum absolute atomic E-state index is 5.15. The predicted molar refractivity (Wildman–Crippen MR) is 41.9 cm³/mol. The van der Waals surface area contributed by atoms with E-state index in [9.17, 15) is 0 Å². The lowest BCUT2D eigenvalue weighted by Crippen LogP contribution is -2.26. The molecule has 0 atom stereocenters. The summed E-state index contributed by atoms with van der Waals surface area (Å²) in [5, 5.41) is 5.62. The first-order valence-electron chi connectivity index (χ1n) is 3.49. The van der Waals surface area contributed by atoms with E-state index in [0.29, 0.717) is 5.88 Å². The molecule has 0 saturated carbocycles. The molecule has 0 spiro atoms. The molecule has 0 aliphatic carbocycles. The Morgan fingerprint density at radius 2 is 2.64 bits per heavy atom. The zero-order valence-corrected chi connectivity index (χ0v) is 6.62. The van der Waals surface area contributed by atoms with Gasteiger partial charge in [0.25, 0.3) is 0 Å². The van der Waals surface area contributed by atoms with Gasteiger partial charge in [0, 0.05) is 13.0 Å². The van der Waals surface area contributed by atoms with Crippen LogP contribution in [0.1, 0.15) is 6.42 Å². The average molecular weight is 156 g/mol. The number of hydrogen-bond acceptors (Lipinski definition) is 4. The van der Waals surface area contributed by atoms with Crippen molar-refractivity contribution in [2.24, 2.45) is 5.10 Å². The Bertz CT molecular complexity index is 168. The lowest BCUT2D eigenvalue weighted by atomic mass is 10.4. The van der Waals surface area contributed by atoms with E-state index in [-0.39, 0.29) is 0 Å². The van der Waals surface area contributed by atoms with Gasteiger partial charge in [-0.2, -0.15) is 0 Å². The Morgan fingerprint density at radius 1 is 1.82 bits per heavy atom. The molecule has 0 bridgehead atoms. The van der Waals surface area contributed by atoms with Gasteiger partial charge in [-0.3, -0.25) is 0 Å². The largest absolute Gasteiger partial charge is 0.485 e. The predicted octanol–water partition coefficient (Wildman–Crippen LogP) is 0.770. The summed E-state index contributed by atoms with van der Waals surface area (Å²) in [6, 6.07) is 0. The van der Waals surface area contributed by atoms with Crippen LogP contribution in [0.15, 0.2) is 17.6 Å². The van der Waals surface area contributed by atoms with Crippen molar-refractivity contribution in [3.05, 3.63) is 12.5 Å². The van der Waals surface area contributed by atoms with E-state index in [4.69, 9.17) is 4.74 Å². The minimum absolute atomic E-state index is 0.588. The van der Waals surface area contributed by atoms with E-state index in [1.165, 1.54) is 6.40 Å². The molecular formula is C7H12N2O2. The van der Waals surface area contributed by atoms with Gasteiger partial charge in [-0.15, -0.1) is 5.10 Å². The first-order valence-corrected chi connectivity index (χ1v) is 3.49. The zero-order valence-electron chi connectivity index (χ0n) is 6.62. The maximum atomic E-state index is 5.15. The first kappa shape index (κ1) is 7.91. The van der Waals surface area contributed by atoms with Crippen molar-refractivity contribution in [1.82, 2.24) is 5.01 Å². The Kier molecular flexibility index (Phi) is 2.77. The molecule has 1 saturated heterocycles. The smallest absolute Gasteiger partial charge is 0.202 e. The minimum Gasteiger partial charge on any atom is -0.485 e. The second-order valence-corrected chi connectivity index (χ2v) is 2.18. The van der Waals surface area contributed by atoms with Gasteiger partial charge in [-0.05, 0) is 6.58 Å². The molecule has 0 aromatic rings. The SMILES string of the molecule is C=C1OCCCN1/N=C\OC. The van der Waals surface area contributed by atoms with Crippen molar-refractivity contribution in [3.63, 3.8) is 0 Å². The van der Waals surface area contributed by atoms with Crippen molar-refractivity contribution in [2.75, 3.05) is 20.3 Å². The van der Waals surface area contributed by atoms with Gasteiger partial charge in [-0.25, -0.2) is 5.01 Å². The van der Waals surface area contributed by atoms with Gasteiger partial charge in [0.05, 0.1) is 13.7 Å². The summed E-state index contributed by atoms with van der Waals surface area (Å²) in [5.74, 6) is 0.588. The van der Waals surface area contributed by atoms with Crippen LogP contribution in [-0.4, -0.2) is 31.7 Å². The molecule has 1 heterocycles. The van der Waals surface area contributed by atoms with Crippen LogP contribution in [-0.2, 0) is 9.47 Å². The van der Waals surface area contributed by atoms with Gasteiger partial charge in [0.2, 0.25) is 5.88 Å². The van der Waals surface area contributed by atoms with E-state index < -0.39 is 0 Å². The third-order valence-corrected chi connectivity index (χ3v) is 1.36. The van der Waals surface area contributed by atoms with Crippen LogP contribution in [0.2, 0.25) is 0 Å². The van der Waals surface area contributed by atoms with Crippen molar-refractivity contribution in [2.45, 2.75) is 6.42 Å². The molecule has 0 amide bonds. The topological polar surface area (TPSA) is 34.1 Å². The van der Waals surface area contributed by atoms with Gasteiger partial charge < -0.3 is 9.47 Å². The maximum Gasteiger partial charge on any atom is 0.202 e. The van der Waals surface area contributed by atoms with E-state index in [1.54, 1.807) is 12.1 Å². The fourth-order valence-electron chi connectivity index (χ4n) is 0.830. The van der Waals surface area contributed by atoms with Crippen LogP contribution < -0.4 is 0 Å². The molecule has 0 radical (unpaired) electrons. The lowest BCUT2D eigenvalue weighted by molar-refractivity contribution is 0.0670. The molecule has 0 aromatic carbocycles. The molecular weight excluding hydrogens is 144 g/mol. The summed E-state index contributed by atoms with van der Waals surface area (Å²) < 4.78 is 9.81. The summed E-state index contributed by atoms with van der Waals surface area (Å²) in [4.78, 5) is 0. The number of nitrogens with zero attached hydrogens (tertiary/aromatic N) is 2. The third-order valence-electron chi connectivity index (χ3n) is 1.36. The standard InChI is InChI=1S/C7H12N2O2/c1-7-9(8-6-10-2)4-3-5-11-7/h6H,1,3-5H2,2H3/b8-6-. The van der Waals surface area contributed by atoms with Crippen LogP contribution in [0.3, 0.4) is 0 Å². The summed E-state index contributed by atoms with van der Waals surface area (Å²) in [6.45, 7) is 5.26. The van der Waals surface area contributed by atoms with Crippen LogP contribution in [0.25, 0.3) is 0 Å². The molecule has 1 rings (SSSR count). The molecule has 4 nitrogen and oxygen atoms in total. The highest BCUT2D eigenvalue weighted by molar-refractivity contribution is 5.45. The zero-order chi connectivity index (χ0) is 8.10. The quantitative estimate of drug-likeness (QED) is 0.437. The molecule has 4 heteroatoms. The van der Waals surface area contributed by atoms with Crippen LogP contribution in [0.4, 0.5) is 0 Å². The van der Waals surface area contributed by atoms with E-state index >= 15 is 0 Å². The van der Waals surface area contributed by atoms with Crippen molar-refractivity contribution in [3.8, 4) is 0 Å². The van der Waals surface area contributed by atoms with Crippen LogP contribution >= 0.6 is 0 Å². The molecule has 62 valence electrons. The van der Waals surface area contributed by atoms with Crippen LogP contribution in [0, 0.1) is 0 Å². The first-order chi connectivity index (χ1) is 5.34. The monoisotopic (exact) mass is 156 g/mol. The third kappa shape index (κ3) is 2.14. The molecule has 11 heavy (non-hydrogen) atoms. The normalized spacial score (nSPS) is 18.6. The summed E-state index contributed by atoms with van der Waals surface area (Å²) in [5.41, 5.74) is 0. The fraction of sp³-hybridized carbons (Fsp3) is 0.571. The second kappa shape index (κ2) is 3.85. The Hall–Kier alpha value is -1.19. The lowest BCUT2D eigenvalue weighted by Gasteiger charge is -2.25. The van der Waals surface area contributed by atoms with Crippen molar-refractivity contribution >= 4 is 6.40 Å². The van der Waals surface area contributed by atoms with Crippen molar-refractivity contribution < 1.29 is 9.47 Å². The number of hydrogen-bond donors (Lipinski definition) is 0. The van der Waals surface area contributed by atoms with Gasteiger partial charge in [-0.1, -0.05) is 0 Å². The molecule has 1 aliphatic heterocycles. The second-order valence-electron chi connectivity index (χ2n) is 2.18. The highest BCUT2D eigenvalue weighted by Gasteiger charge is 2.11. The molecule has 0 N–H and O–H groups in total. The molecule has 1 fully saturated rings. The number of ether oxygens (including phenoxy) is 2. The summed E-state index contributed by atoms with van der Waals surface area (Å²) >= 11 is 0. The van der Waals surface area contributed by atoms with Crippen LogP contribution in [0.5, 0.6) is 0 Å². The average Bonchev–Trinajstić information content (AvgIpc) is 2.03. The number of methoxy groups -OCH3 is 1. The molecule has 0 aromatic heterocycles. The van der Waals surface area contributed by atoms with E-state index in [2.05, 4.69) is 16.4 Å². The minimum atomic E-state index is 0.588. The van der Waals surface area contributed by atoms with E-state index in [1.807, 2.05) is 0 Å². The Morgan fingerprint density at radius 3 is 3.27 bits per heavy atom. The van der Waals surface area contributed by atoms with E-state index in [0.717, 1.165) is 19.6 Å². The Balaban J connectivity index is 2.41. The van der Waals surface area contributed by atoms with Gasteiger partial charge >= 0.3 is 0 Å². The molecule has 1 aliphatic rings. The Labute approximate surface area is 66.1 Å². The van der Waals surface area contributed by atoms with Crippen molar-refractivity contribution in [1.29, 1.82) is 0 Å². The summed E-state index contributed by atoms with van der Waals surface area (Å²) in [7, 11) is 1.55. The fourth-order valence-corrected chi connectivity index (χ4v) is 0.830.